The summed E-state index contributed by atoms with van der Waals surface area (Å²) in [7, 11) is 1.57. The van der Waals surface area contributed by atoms with Gasteiger partial charge in [0.25, 0.3) is 5.91 Å². The molecule has 5 heteroatoms. The third-order valence-corrected chi connectivity index (χ3v) is 1.91. The van der Waals surface area contributed by atoms with E-state index < -0.39 is 6.03 Å². The molecule has 1 rings (SSSR count). The van der Waals surface area contributed by atoms with E-state index in [1.165, 1.54) is 0 Å². The molecular weight excluding hydrogens is 194 g/mol. The monoisotopic (exact) mass is 207 g/mol. The van der Waals surface area contributed by atoms with Crippen LogP contribution in [0.1, 0.15) is 15.9 Å². The summed E-state index contributed by atoms with van der Waals surface area (Å²) in [5.41, 5.74) is 6.40. The van der Waals surface area contributed by atoms with E-state index in [1.807, 2.05) is 0 Å². The minimum absolute atomic E-state index is 0.135. The zero-order valence-electron chi connectivity index (χ0n) is 8.41. The van der Waals surface area contributed by atoms with Crippen molar-refractivity contribution < 1.29 is 9.59 Å². The van der Waals surface area contributed by atoms with Gasteiger partial charge in [0.2, 0.25) is 0 Å². The molecule has 0 fully saturated rings. The molecular formula is C10H13N3O2. The molecule has 0 heterocycles. The summed E-state index contributed by atoms with van der Waals surface area (Å²) in [4.78, 5) is 21.6. The lowest BCUT2D eigenvalue weighted by Gasteiger charge is -2.03. The summed E-state index contributed by atoms with van der Waals surface area (Å²) in [6.45, 7) is 0.364. The summed E-state index contributed by atoms with van der Waals surface area (Å²) in [6.07, 6.45) is 0. The number of hydrogen-bond acceptors (Lipinski definition) is 2. The fraction of sp³-hybridized carbons (Fsp3) is 0.200. The molecule has 1 aromatic carbocycles. The van der Waals surface area contributed by atoms with Crippen LogP contribution in [0.2, 0.25) is 0 Å². The van der Waals surface area contributed by atoms with Crippen LogP contribution in [0.15, 0.2) is 24.3 Å². The maximum Gasteiger partial charge on any atom is 0.312 e. The summed E-state index contributed by atoms with van der Waals surface area (Å²) in [6, 6.07) is 6.35. The maximum absolute atomic E-state index is 11.2. The minimum Gasteiger partial charge on any atom is -0.355 e. The third kappa shape index (κ3) is 3.30. The Bertz CT molecular complexity index is 359. The molecule has 0 aliphatic rings. The molecule has 0 aromatic heterocycles. The first kappa shape index (κ1) is 11.0. The lowest BCUT2D eigenvalue weighted by molar-refractivity contribution is 0.0963. The second-order valence-corrected chi connectivity index (χ2v) is 2.99. The van der Waals surface area contributed by atoms with Crippen LogP contribution in [0.4, 0.5) is 4.79 Å². The van der Waals surface area contributed by atoms with Gasteiger partial charge in [0.05, 0.1) is 0 Å². The predicted molar refractivity (Wildman–Crippen MR) is 56.3 cm³/mol. The number of benzene rings is 1. The predicted octanol–water partition coefficient (Wildman–Crippen LogP) is 0.214. The standard InChI is InChI=1S/C10H13N3O2/c1-12-9(14)8-4-2-7(3-5-8)6-13-10(11)15/h2-5H,6H2,1H3,(H,12,14)(H3,11,13,15). The smallest absolute Gasteiger partial charge is 0.312 e. The lowest BCUT2D eigenvalue weighted by atomic mass is 10.1. The highest BCUT2D eigenvalue weighted by molar-refractivity contribution is 5.93. The summed E-state index contributed by atoms with van der Waals surface area (Å²) in [5, 5.41) is 4.99. The summed E-state index contributed by atoms with van der Waals surface area (Å²) < 4.78 is 0. The van der Waals surface area contributed by atoms with Gasteiger partial charge in [-0.15, -0.1) is 0 Å². The first-order valence-electron chi connectivity index (χ1n) is 4.48. The van der Waals surface area contributed by atoms with Gasteiger partial charge >= 0.3 is 6.03 Å². The first-order valence-corrected chi connectivity index (χ1v) is 4.48. The Morgan fingerprint density at radius 1 is 1.27 bits per heavy atom. The van der Waals surface area contributed by atoms with Crippen molar-refractivity contribution in [3.63, 3.8) is 0 Å². The Morgan fingerprint density at radius 2 is 1.87 bits per heavy atom. The highest BCUT2D eigenvalue weighted by atomic mass is 16.2. The topological polar surface area (TPSA) is 84.2 Å². The van der Waals surface area contributed by atoms with Crippen molar-refractivity contribution in [2.75, 3.05) is 7.05 Å². The summed E-state index contributed by atoms with van der Waals surface area (Å²) >= 11 is 0. The molecule has 0 aliphatic carbocycles. The van der Waals surface area contributed by atoms with E-state index in [4.69, 9.17) is 5.73 Å². The van der Waals surface area contributed by atoms with Gasteiger partial charge in [0.15, 0.2) is 0 Å². The number of nitrogens with one attached hydrogen (secondary N) is 2. The van der Waals surface area contributed by atoms with Crippen molar-refractivity contribution in [2.24, 2.45) is 5.73 Å². The van der Waals surface area contributed by atoms with Crippen LogP contribution in [0.25, 0.3) is 0 Å². The van der Waals surface area contributed by atoms with Gasteiger partial charge in [0, 0.05) is 19.2 Å². The van der Waals surface area contributed by atoms with Crippen LogP contribution in [0.3, 0.4) is 0 Å². The second kappa shape index (κ2) is 4.99. The summed E-state index contributed by atoms with van der Waals surface area (Å²) in [5.74, 6) is -0.135. The van der Waals surface area contributed by atoms with Crippen molar-refractivity contribution in [1.29, 1.82) is 0 Å². The fourth-order valence-electron chi connectivity index (χ4n) is 1.11. The number of urea groups is 1. The van der Waals surface area contributed by atoms with Crippen LogP contribution in [0.5, 0.6) is 0 Å². The molecule has 15 heavy (non-hydrogen) atoms. The van der Waals surface area contributed by atoms with E-state index in [-0.39, 0.29) is 5.91 Å². The highest BCUT2D eigenvalue weighted by Crippen LogP contribution is 2.03. The SMILES string of the molecule is CNC(=O)c1ccc(CNC(N)=O)cc1. The van der Waals surface area contributed by atoms with E-state index in [0.717, 1.165) is 5.56 Å². The molecule has 0 unspecified atom stereocenters. The molecule has 0 atom stereocenters. The third-order valence-electron chi connectivity index (χ3n) is 1.91. The number of carbonyl (C=O) groups excluding carboxylic acids is 2. The zero-order chi connectivity index (χ0) is 11.3. The van der Waals surface area contributed by atoms with Crippen molar-refractivity contribution in [3.8, 4) is 0 Å². The second-order valence-electron chi connectivity index (χ2n) is 2.99. The van der Waals surface area contributed by atoms with Gasteiger partial charge < -0.3 is 16.4 Å². The van der Waals surface area contributed by atoms with Crippen LogP contribution in [-0.4, -0.2) is 19.0 Å². The largest absolute Gasteiger partial charge is 0.355 e. The first-order chi connectivity index (χ1) is 7.13. The average molecular weight is 207 g/mol. The van der Waals surface area contributed by atoms with E-state index in [2.05, 4.69) is 10.6 Å². The van der Waals surface area contributed by atoms with Gasteiger partial charge in [-0.2, -0.15) is 0 Å². The van der Waals surface area contributed by atoms with Crippen molar-refractivity contribution >= 4 is 11.9 Å². The Kier molecular flexibility index (Phi) is 3.68. The van der Waals surface area contributed by atoms with Crippen LogP contribution >= 0.6 is 0 Å². The van der Waals surface area contributed by atoms with Gasteiger partial charge in [0.1, 0.15) is 0 Å². The number of hydrogen-bond donors (Lipinski definition) is 3. The van der Waals surface area contributed by atoms with E-state index >= 15 is 0 Å². The van der Waals surface area contributed by atoms with E-state index in [9.17, 15) is 9.59 Å². The molecule has 0 spiro atoms. The quantitative estimate of drug-likeness (QED) is 0.662. The Balaban J connectivity index is 2.64. The zero-order valence-corrected chi connectivity index (χ0v) is 8.41. The molecule has 1 aromatic rings. The molecule has 0 bridgehead atoms. The molecule has 0 radical (unpaired) electrons. The molecule has 0 saturated carbocycles. The Labute approximate surface area is 87.7 Å². The maximum atomic E-state index is 11.2. The fourth-order valence-corrected chi connectivity index (χ4v) is 1.11. The molecule has 5 nitrogen and oxygen atoms in total. The normalized spacial score (nSPS) is 9.40. The molecule has 3 amide bonds. The van der Waals surface area contributed by atoms with Crippen LogP contribution < -0.4 is 16.4 Å². The van der Waals surface area contributed by atoms with Crippen molar-refractivity contribution in [1.82, 2.24) is 10.6 Å². The van der Waals surface area contributed by atoms with Gasteiger partial charge in [-0.05, 0) is 17.7 Å². The Morgan fingerprint density at radius 3 is 2.33 bits per heavy atom. The van der Waals surface area contributed by atoms with Gasteiger partial charge in [-0.25, -0.2) is 4.79 Å². The molecule has 4 N–H and O–H groups in total. The molecule has 0 saturated heterocycles. The number of rotatable bonds is 3. The number of amides is 3. The van der Waals surface area contributed by atoms with Crippen LogP contribution in [-0.2, 0) is 6.54 Å². The number of primary amides is 1. The van der Waals surface area contributed by atoms with Crippen LogP contribution in [0, 0.1) is 0 Å². The van der Waals surface area contributed by atoms with E-state index in [1.54, 1.807) is 31.3 Å². The number of nitrogens with two attached hydrogens (primary N) is 1. The van der Waals surface area contributed by atoms with E-state index in [0.29, 0.717) is 12.1 Å². The number of carbonyl (C=O) groups is 2. The minimum atomic E-state index is -0.564. The average Bonchev–Trinajstić information content (AvgIpc) is 2.26. The van der Waals surface area contributed by atoms with Crippen molar-refractivity contribution in [2.45, 2.75) is 6.54 Å². The highest BCUT2D eigenvalue weighted by Gasteiger charge is 2.02. The van der Waals surface area contributed by atoms with Crippen molar-refractivity contribution in [3.05, 3.63) is 35.4 Å². The molecule has 80 valence electrons. The Hall–Kier alpha value is -2.04. The van der Waals surface area contributed by atoms with Gasteiger partial charge in [-0.1, -0.05) is 12.1 Å². The molecule has 0 aliphatic heterocycles. The lowest BCUT2D eigenvalue weighted by Crippen LogP contribution is -2.28. The van der Waals surface area contributed by atoms with Gasteiger partial charge in [-0.3, -0.25) is 4.79 Å².